The van der Waals surface area contributed by atoms with Crippen molar-refractivity contribution in [1.82, 2.24) is 0 Å². The molecule has 582 valence electrons. The van der Waals surface area contributed by atoms with E-state index in [9.17, 15) is 43.2 Å². The molecule has 0 aromatic carbocycles. The van der Waals surface area contributed by atoms with Crippen LogP contribution in [0.25, 0.3) is 0 Å². The largest absolute Gasteiger partial charge is 0.472 e. The van der Waals surface area contributed by atoms with Gasteiger partial charge >= 0.3 is 39.5 Å². The fraction of sp³-hybridized carbons (Fsp3) is 0.949. The highest BCUT2D eigenvalue weighted by Gasteiger charge is 2.30. The number of aliphatic hydroxyl groups excluding tert-OH is 1. The molecule has 0 spiro atoms. The van der Waals surface area contributed by atoms with Crippen LogP contribution in [0, 0.1) is 11.8 Å². The van der Waals surface area contributed by atoms with Gasteiger partial charge in [-0.2, -0.15) is 0 Å². The average Bonchev–Trinajstić information content (AvgIpc) is 1.01. The van der Waals surface area contributed by atoms with Gasteiger partial charge in [0, 0.05) is 25.7 Å². The van der Waals surface area contributed by atoms with Crippen molar-refractivity contribution in [2.75, 3.05) is 39.6 Å². The second-order valence-corrected chi connectivity index (χ2v) is 32.3. The Morgan fingerprint density at radius 1 is 0.276 bits per heavy atom. The molecule has 0 aliphatic rings. The van der Waals surface area contributed by atoms with Gasteiger partial charge in [0.2, 0.25) is 0 Å². The molecule has 0 saturated carbocycles. The zero-order chi connectivity index (χ0) is 72.1. The van der Waals surface area contributed by atoms with Crippen LogP contribution in [0.3, 0.4) is 0 Å². The molecule has 0 saturated heterocycles. The number of esters is 4. The minimum absolute atomic E-state index is 0.106. The molecule has 0 aliphatic carbocycles. The van der Waals surface area contributed by atoms with Crippen molar-refractivity contribution in [3.63, 3.8) is 0 Å². The Hall–Kier alpha value is -1.94. The molecule has 0 heterocycles. The number of rotatable bonds is 78. The molecule has 0 aliphatic heterocycles. The first-order chi connectivity index (χ1) is 47.4. The highest BCUT2D eigenvalue weighted by Crippen LogP contribution is 2.45. The first-order valence-electron chi connectivity index (χ1n) is 41.0. The van der Waals surface area contributed by atoms with E-state index in [0.29, 0.717) is 25.7 Å². The fourth-order valence-corrected chi connectivity index (χ4v) is 13.8. The third-order valence-electron chi connectivity index (χ3n) is 18.5. The molecule has 0 bridgehead atoms. The lowest BCUT2D eigenvalue weighted by Gasteiger charge is -2.21. The third kappa shape index (κ3) is 72.4. The molecular weight excluding hydrogens is 1280 g/mol. The summed E-state index contributed by atoms with van der Waals surface area (Å²) in [7, 11) is -9.91. The van der Waals surface area contributed by atoms with Gasteiger partial charge in [-0.15, -0.1) is 0 Å². The van der Waals surface area contributed by atoms with Gasteiger partial charge in [0.05, 0.1) is 26.4 Å². The standard InChI is InChI=1S/C79H154O17P2/c1-7-9-11-13-15-17-19-20-21-22-23-24-25-26-27-28-29-32-39-45-51-57-63-78(83)95-74(68-90-77(82)62-56-50-44-38-33-30-31-35-41-47-53-59-71(3)4)69-93-97(85,86)91-65-73(80)66-92-98(87,88)94-70-75(67-89-76(81)61-55-49-43-37-18-16-14-12-10-8-2)96-79(84)64-58-52-46-40-34-36-42-48-54-60-72(5)6/h71-75,80H,7-70H2,1-6H3,(H,85,86)(H,87,88)/t73-,74-,75-/m1/s1. The number of hydrogen-bond donors (Lipinski definition) is 3. The molecule has 98 heavy (non-hydrogen) atoms. The van der Waals surface area contributed by atoms with Crippen LogP contribution >= 0.6 is 15.6 Å². The molecule has 5 atom stereocenters. The maximum Gasteiger partial charge on any atom is 0.472 e. The van der Waals surface area contributed by atoms with Crippen molar-refractivity contribution in [3.8, 4) is 0 Å². The lowest BCUT2D eigenvalue weighted by Crippen LogP contribution is -2.30. The maximum atomic E-state index is 13.1. The highest BCUT2D eigenvalue weighted by molar-refractivity contribution is 7.47. The van der Waals surface area contributed by atoms with Crippen molar-refractivity contribution >= 4 is 39.5 Å². The summed E-state index contributed by atoms with van der Waals surface area (Å²) in [5.74, 6) is -0.606. The number of carbonyl (C=O) groups is 4. The number of phosphoric ester groups is 2. The van der Waals surface area contributed by atoms with Gasteiger partial charge in [-0.25, -0.2) is 9.13 Å². The molecule has 2 unspecified atom stereocenters. The first kappa shape index (κ1) is 96.1. The maximum absolute atomic E-state index is 13.1. The number of phosphoric acid groups is 2. The average molecular weight is 1440 g/mol. The monoisotopic (exact) mass is 1440 g/mol. The van der Waals surface area contributed by atoms with Crippen LogP contribution < -0.4 is 0 Å². The fourth-order valence-electron chi connectivity index (χ4n) is 12.2. The predicted octanol–water partition coefficient (Wildman–Crippen LogP) is 23.5. The normalized spacial score (nSPS) is 13.9. The van der Waals surface area contributed by atoms with E-state index in [2.05, 4.69) is 41.5 Å². The molecule has 0 fully saturated rings. The lowest BCUT2D eigenvalue weighted by molar-refractivity contribution is -0.161. The molecule has 0 radical (unpaired) electrons. The van der Waals surface area contributed by atoms with Gasteiger partial charge in [-0.3, -0.25) is 37.3 Å². The van der Waals surface area contributed by atoms with Crippen molar-refractivity contribution in [2.45, 2.75) is 432 Å². The van der Waals surface area contributed by atoms with Crippen molar-refractivity contribution in [2.24, 2.45) is 11.8 Å². The SMILES string of the molecule is CCCCCCCCCCCCCCCCCCCCCCCCC(=O)O[C@H](COC(=O)CCCCCCCCCCCCCC(C)C)COP(=O)(O)OC[C@@H](O)COP(=O)(O)OC[C@@H](COC(=O)CCCCCCCCCCCC)OC(=O)CCCCCCCCCCCC(C)C. The number of aliphatic hydroxyl groups is 1. The summed E-state index contributed by atoms with van der Waals surface area (Å²) in [5.41, 5.74) is 0. The van der Waals surface area contributed by atoms with Crippen molar-refractivity contribution in [3.05, 3.63) is 0 Å². The Balaban J connectivity index is 5.19. The minimum atomic E-state index is -4.96. The van der Waals surface area contributed by atoms with E-state index in [0.717, 1.165) is 102 Å². The molecule has 19 heteroatoms. The van der Waals surface area contributed by atoms with Crippen LogP contribution in [-0.4, -0.2) is 96.7 Å². The van der Waals surface area contributed by atoms with Gasteiger partial charge in [-0.1, -0.05) is 363 Å². The first-order valence-corrected chi connectivity index (χ1v) is 44.0. The molecule has 0 aromatic rings. The van der Waals surface area contributed by atoms with Crippen LogP contribution in [0.5, 0.6) is 0 Å². The van der Waals surface area contributed by atoms with E-state index in [1.54, 1.807) is 0 Å². The third-order valence-corrected chi connectivity index (χ3v) is 20.4. The van der Waals surface area contributed by atoms with E-state index in [-0.39, 0.29) is 25.7 Å². The number of unbranched alkanes of at least 4 members (excludes halogenated alkanes) is 48. The second-order valence-electron chi connectivity index (χ2n) is 29.4. The van der Waals surface area contributed by atoms with Crippen LogP contribution in [0.15, 0.2) is 0 Å². The van der Waals surface area contributed by atoms with E-state index >= 15 is 0 Å². The van der Waals surface area contributed by atoms with Gasteiger partial charge in [0.25, 0.3) is 0 Å². The van der Waals surface area contributed by atoms with Gasteiger partial charge in [-0.05, 0) is 37.5 Å². The van der Waals surface area contributed by atoms with Crippen molar-refractivity contribution < 1.29 is 80.2 Å². The minimum Gasteiger partial charge on any atom is -0.462 e. The summed E-state index contributed by atoms with van der Waals surface area (Å²) in [5, 5.41) is 10.6. The Labute approximate surface area is 600 Å². The Morgan fingerprint density at radius 3 is 0.694 bits per heavy atom. The molecule has 3 N–H and O–H groups in total. The van der Waals surface area contributed by atoms with Gasteiger partial charge < -0.3 is 33.8 Å². The Morgan fingerprint density at radius 2 is 0.469 bits per heavy atom. The second kappa shape index (κ2) is 70.7. The summed E-state index contributed by atoms with van der Waals surface area (Å²) in [6.45, 7) is 9.58. The van der Waals surface area contributed by atoms with Gasteiger partial charge in [0.1, 0.15) is 19.3 Å². The van der Waals surface area contributed by atoms with Crippen LogP contribution in [0.2, 0.25) is 0 Å². The zero-order valence-corrected chi connectivity index (χ0v) is 65.9. The van der Waals surface area contributed by atoms with Crippen LogP contribution in [0.4, 0.5) is 0 Å². The summed E-state index contributed by atoms with van der Waals surface area (Å²) in [6.07, 6.45) is 59.8. The number of carbonyl (C=O) groups excluding carboxylic acids is 4. The summed E-state index contributed by atoms with van der Waals surface area (Å²) in [6, 6.07) is 0. The van der Waals surface area contributed by atoms with Crippen LogP contribution in [0.1, 0.15) is 414 Å². The van der Waals surface area contributed by atoms with E-state index in [1.165, 1.54) is 231 Å². The van der Waals surface area contributed by atoms with Crippen molar-refractivity contribution in [1.29, 1.82) is 0 Å². The zero-order valence-electron chi connectivity index (χ0n) is 64.1. The predicted molar refractivity (Wildman–Crippen MR) is 400 cm³/mol. The number of ether oxygens (including phenoxy) is 4. The smallest absolute Gasteiger partial charge is 0.462 e. The molecule has 17 nitrogen and oxygen atoms in total. The van der Waals surface area contributed by atoms with E-state index in [1.807, 2.05) is 0 Å². The molecule has 0 aromatic heterocycles. The van der Waals surface area contributed by atoms with E-state index < -0.39 is 97.5 Å². The quantitative estimate of drug-likeness (QED) is 0.0222. The Kier molecular flexibility index (Phi) is 69.3. The lowest BCUT2D eigenvalue weighted by atomic mass is 10.0. The summed E-state index contributed by atoms with van der Waals surface area (Å²) >= 11 is 0. The van der Waals surface area contributed by atoms with Crippen LogP contribution in [-0.2, 0) is 65.4 Å². The highest BCUT2D eigenvalue weighted by atomic mass is 31.2. The molecule has 0 rings (SSSR count). The molecular formula is C79H154O17P2. The van der Waals surface area contributed by atoms with Gasteiger partial charge in [0.15, 0.2) is 12.2 Å². The Bertz CT molecular complexity index is 1890. The summed E-state index contributed by atoms with van der Waals surface area (Å²) < 4.78 is 68.6. The number of hydrogen-bond acceptors (Lipinski definition) is 15. The van der Waals surface area contributed by atoms with E-state index in [4.69, 9.17) is 37.0 Å². The summed E-state index contributed by atoms with van der Waals surface area (Å²) in [4.78, 5) is 72.9. The molecule has 0 amide bonds. The topological polar surface area (TPSA) is 237 Å².